The normalized spacial score (nSPS) is 11.8. The van der Waals surface area contributed by atoms with Crippen LogP contribution in [0.2, 0.25) is 0 Å². The summed E-state index contributed by atoms with van der Waals surface area (Å²) in [6.45, 7) is -0.886. The Balaban J connectivity index is 2.77. The average Bonchev–Trinajstić information content (AvgIpc) is 2.32. The van der Waals surface area contributed by atoms with Crippen LogP contribution in [0, 0.1) is 17.5 Å². The van der Waals surface area contributed by atoms with Crippen LogP contribution in [0.3, 0.4) is 0 Å². The largest absolute Gasteiger partial charge is 0.480 e. The van der Waals surface area contributed by atoms with E-state index in [0.29, 0.717) is 6.07 Å². The zero-order valence-corrected chi connectivity index (χ0v) is 9.28. The number of benzene rings is 1. The number of hydrogen-bond donors (Lipinski definition) is 4. The maximum atomic E-state index is 13.2. The number of carbonyl (C=O) groups excluding carboxylic acids is 1. The van der Waals surface area contributed by atoms with Gasteiger partial charge >= 0.3 is 12.0 Å². The number of nitrogens with one attached hydrogen (secondary N) is 2. The van der Waals surface area contributed by atoms with E-state index in [2.05, 4.69) is 0 Å². The number of hydrogen-bond acceptors (Lipinski definition) is 3. The van der Waals surface area contributed by atoms with Gasteiger partial charge in [-0.1, -0.05) is 0 Å². The van der Waals surface area contributed by atoms with E-state index in [9.17, 15) is 22.8 Å². The second-order valence-corrected chi connectivity index (χ2v) is 3.42. The Morgan fingerprint density at radius 3 is 2.26 bits per heavy atom. The molecule has 1 rings (SSSR count). The molecule has 2 amide bonds. The number of urea groups is 1. The molecule has 0 aliphatic rings. The fourth-order valence-corrected chi connectivity index (χ4v) is 1.12. The summed E-state index contributed by atoms with van der Waals surface area (Å²) in [7, 11) is 0. The first-order chi connectivity index (χ1) is 8.85. The maximum absolute atomic E-state index is 13.2. The van der Waals surface area contributed by atoms with Crippen molar-refractivity contribution in [3.8, 4) is 0 Å². The fourth-order valence-electron chi connectivity index (χ4n) is 1.12. The van der Waals surface area contributed by atoms with Crippen LogP contribution < -0.4 is 10.6 Å². The third-order valence-corrected chi connectivity index (χ3v) is 2.04. The van der Waals surface area contributed by atoms with E-state index in [4.69, 9.17) is 10.2 Å². The molecule has 1 aromatic carbocycles. The van der Waals surface area contributed by atoms with E-state index in [1.165, 1.54) is 0 Å². The Kier molecular flexibility index (Phi) is 4.70. The Morgan fingerprint density at radius 2 is 1.74 bits per heavy atom. The molecular formula is C10H9F3N2O4. The summed E-state index contributed by atoms with van der Waals surface area (Å²) in [6, 6.07) is -2.16. The highest BCUT2D eigenvalue weighted by atomic mass is 19.2. The molecule has 104 valence electrons. The summed E-state index contributed by atoms with van der Waals surface area (Å²) in [5, 5.41) is 20.8. The van der Waals surface area contributed by atoms with E-state index in [0.717, 1.165) is 0 Å². The number of amides is 2. The van der Waals surface area contributed by atoms with Gasteiger partial charge in [-0.2, -0.15) is 0 Å². The first-order valence-corrected chi connectivity index (χ1v) is 4.91. The molecule has 0 bridgehead atoms. The van der Waals surface area contributed by atoms with E-state index in [1.54, 1.807) is 10.6 Å². The van der Waals surface area contributed by atoms with Crippen molar-refractivity contribution in [3.63, 3.8) is 0 Å². The number of aliphatic carboxylic acids is 1. The lowest BCUT2D eigenvalue weighted by molar-refractivity contribution is -0.140. The molecule has 0 fully saturated rings. The SMILES string of the molecule is O=C(Nc1cc(F)c(F)cc1F)N[C@H](CO)C(=O)O. The first kappa shape index (κ1) is 14.8. The Labute approximate surface area is 104 Å². The molecule has 1 aromatic rings. The van der Waals surface area contributed by atoms with Crippen molar-refractivity contribution in [3.05, 3.63) is 29.6 Å². The molecule has 9 heteroatoms. The highest BCUT2D eigenvalue weighted by Crippen LogP contribution is 2.18. The molecular weight excluding hydrogens is 269 g/mol. The van der Waals surface area contributed by atoms with Crippen LogP contribution in [0.1, 0.15) is 0 Å². The van der Waals surface area contributed by atoms with Gasteiger partial charge in [0, 0.05) is 12.1 Å². The monoisotopic (exact) mass is 278 g/mol. The summed E-state index contributed by atoms with van der Waals surface area (Å²) in [5.41, 5.74) is -0.668. The maximum Gasteiger partial charge on any atom is 0.328 e. The minimum absolute atomic E-state index is 0.228. The highest BCUT2D eigenvalue weighted by Gasteiger charge is 2.19. The number of rotatable bonds is 4. The minimum Gasteiger partial charge on any atom is -0.480 e. The summed E-state index contributed by atoms with van der Waals surface area (Å²) in [5.74, 6) is -5.55. The Bertz CT molecular complexity index is 510. The number of aliphatic hydroxyl groups is 1. The van der Waals surface area contributed by atoms with E-state index < -0.39 is 47.8 Å². The van der Waals surface area contributed by atoms with Crippen molar-refractivity contribution in [2.45, 2.75) is 6.04 Å². The Morgan fingerprint density at radius 1 is 1.16 bits per heavy atom. The number of halogens is 3. The number of carboxylic acid groups (broad SMARTS) is 1. The zero-order chi connectivity index (χ0) is 14.6. The molecule has 0 aromatic heterocycles. The van der Waals surface area contributed by atoms with Crippen molar-refractivity contribution < 1.29 is 33.0 Å². The predicted molar refractivity (Wildman–Crippen MR) is 57.0 cm³/mol. The smallest absolute Gasteiger partial charge is 0.328 e. The van der Waals surface area contributed by atoms with Crippen LogP contribution in [0.25, 0.3) is 0 Å². The summed E-state index contributed by atoms with van der Waals surface area (Å²) >= 11 is 0. The van der Waals surface area contributed by atoms with Crippen LogP contribution >= 0.6 is 0 Å². The van der Waals surface area contributed by atoms with Crippen molar-refractivity contribution in [1.29, 1.82) is 0 Å². The van der Waals surface area contributed by atoms with Crippen molar-refractivity contribution in [1.82, 2.24) is 5.32 Å². The topological polar surface area (TPSA) is 98.7 Å². The number of aliphatic hydroxyl groups excluding tert-OH is 1. The van der Waals surface area contributed by atoms with E-state index in [1.807, 2.05) is 0 Å². The van der Waals surface area contributed by atoms with Crippen LogP contribution in [-0.4, -0.2) is 34.9 Å². The van der Waals surface area contributed by atoms with Crippen molar-refractivity contribution in [2.75, 3.05) is 11.9 Å². The van der Waals surface area contributed by atoms with Gasteiger partial charge in [0.25, 0.3) is 0 Å². The van der Waals surface area contributed by atoms with Gasteiger partial charge in [0.15, 0.2) is 17.7 Å². The van der Waals surface area contributed by atoms with Crippen LogP contribution in [0.5, 0.6) is 0 Å². The van der Waals surface area contributed by atoms with Crippen LogP contribution in [-0.2, 0) is 4.79 Å². The minimum atomic E-state index is -1.60. The molecule has 0 aliphatic heterocycles. The number of carbonyl (C=O) groups is 2. The summed E-state index contributed by atoms with van der Waals surface area (Å²) < 4.78 is 38.6. The average molecular weight is 278 g/mol. The van der Waals surface area contributed by atoms with Crippen molar-refractivity contribution in [2.24, 2.45) is 0 Å². The number of anilines is 1. The second-order valence-electron chi connectivity index (χ2n) is 3.42. The standard InChI is InChI=1S/C10H9F3N2O4/c11-4-1-6(13)7(2-5(4)12)14-10(19)15-8(3-16)9(17)18/h1-2,8,16H,3H2,(H,17,18)(H2,14,15,19)/t8-/m1/s1. The molecule has 6 nitrogen and oxygen atoms in total. The summed E-state index contributed by atoms with van der Waals surface area (Å²) in [4.78, 5) is 21.8. The molecule has 0 unspecified atom stereocenters. The van der Waals surface area contributed by atoms with E-state index >= 15 is 0 Å². The quantitative estimate of drug-likeness (QED) is 0.608. The molecule has 1 atom stereocenters. The third kappa shape index (κ3) is 3.85. The zero-order valence-electron chi connectivity index (χ0n) is 9.28. The lowest BCUT2D eigenvalue weighted by atomic mass is 10.3. The molecule has 19 heavy (non-hydrogen) atoms. The number of carboxylic acids is 1. The molecule has 0 saturated heterocycles. The van der Waals surface area contributed by atoms with Crippen LogP contribution in [0.4, 0.5) is 23.7 Å². The molecule has 0 spiro atoms. The third-order valence-electron chi connectivity index (χ3n) is 2.04. The Hall–Kier alpha value is -2.29. The van der Waals surface area contributed by atoms with E-state index in [-0.39, 0.29) is 6.07 Å². The van der Waals surface area contributed by atoms with Gasteiger partial charge in [-0.15, -0.1) is 0 Å². The predicted octanol–water partition coefficient (Wildman–Crippen LogP) is 0.671. The molecule has 0 heterocycles. The van der Waals surface area contributed by atoms with Gasteiger partial charge in [0.2, 0.25) is 0 Å². The van der Waals surface area contributed by atoms with Crippen molar-refractivity contribution >= 4 is 17.7 Å². The first-order valence-electron chi connectivity index (χ1n) is 4.91. The lowest BCUT2D eigenvalue weighted by Crippen LogP contribution is -2.45. The fraction of sp³-hybridized carbons (Fsp3) is 0.200. The molecule has 4 N–H and O–H groups in total. The molecule has 0 radical (unpaired) electrons. The van der Waals surface area contributed by atoms with Gasteiger partial charge in [-0.05, 0) is 0 Å². The van der Waals surface area contributed by atoms with Gasteiger partial charge in [0.05, 0.1) is 12.3 Å². The second kappa shape index (κ2) is 6.05. The lowest BCUT2D eigenvalue weighted by Gasteiger charge is -2.13. The summed E-state index contributed by atoms with van der Waals surface area (Å²) in [6.07, 6.45) is 0. The molecule has 0 aliphatic carbocycles. The van der Waals surface area contributed by atoms with Gasteiger partial charge < -0.3 is 20.8 Å². The van der Waals surface area contributed by atoms with Gasteiger partial charge in [0.1, 0.15) is 5.82 Å². The highest BCUT2D eigenvalue weighted by molar-refractivity contribution is 5.92. The van der Waals surface area contributed by atoms with Gasteiger partial charge in [-0.25, -0.2) is 22.8 Å². The molecule has 0 saturated carbocycles. The van der Waals surface area contributed by atoms with Gasteiger partial charge in [-0.3, -0.25) is 0 Å². The van der Waals surface area contributed by atoms with Crippen LogP contribution in [0.15, 0.2) is 12.1 Å².